The van der Waals surface area contributed by atoms with Gasteiger partial charge in [0.05, 0.1) is 31.0 Å². The molecule has 0 bridgehead atoms. The number of aliphatic hydroxyl groups excluding tert-OH is 1. The molecule has 4 aliphatic rings. The molecule has 0 aliphatic carbocycles. The molecule has 4 saturated heterocycles. The molecule has 4 fully saturated rings. The maximum atomic E-state index is 13.9. The minimum atomic E-state index is -1.89. The zero-order valence-corrected chi connectivity index (χ0v) is 54.2. The molecule has 4 heterocycles. The van der Waals surface area contributed by atoms with Gasteiger partial charge in [0.15, 0.2) is 0 Å². The minimum Gasteiger partial charge on any atom is -0.481 e. The van der Waals surface area contributed by atoms with Crippen molar-refractivity contribution in [2.24, 2.45) is 5.92 Å². The summed E-state index contributed by atoms with van der Waals surface area (Å²) in [7, 11) is 1.25. The highest BCUT2D eigenvalue weighted by molar-refractivity contribution is 8.00. The number of fused-ring (bicyclic) bond motifs is 2. The Morgan fingerprint density at radius 2 is 1.16 bits per heavy atom. The lowest BCUT2D eigenvalue weighted by Crippen LogP contribution is -2.61. The van der Waals surface area contributed by atoms with E-state index in [1.807, 2.05) is 11.8 Å². The number of hydrogen-bond donors (Lipinski definition) is 16. The molecule has 0 radical (unpaired) electrons. The van der Waals surface area contributed by atoms with Gasteiger partial charge in [-0.2, -0.15) is 23.5 Å². The van der Waals surface area contributed by atoms with Crippen LogP contribution in [0.4, 0.5) is 4.79 Å². The maximum Gasteiger partial charge on any atom is 0.315 e. The number of urea groups is 1. The van der Waals surface area contributed by atoms with Gasteiger partial charge >= 0.3 is 23.9 Å². The fourth-order valence-electron chi connectivity index (χ4n) is 10.8. The monoisotopic (exact) mass is 1340 g/mol. The largest absolute Gasteiger partial charge is 0.481 e. The first kappa shape index (κ1) is 76.9. The van der Waals surface area contributed by atoms with E-state index in [0.717, 1.165) is 49.8 Å². The number of nitrogens with one attached hydrogen (secondary N) is 12. The molecule has 92 heavy (non-hydrogen) atoms. The van der Waals surface area contributed by atoms with Gasteiger partial charge in [0.1, 0.15) is 48.3 Å². The summed E-state index contributed by atoms with van der Waals surface area (Å²) in [5.41, 5.74) is 0. The Hall–Kier alpha value is -7.53. The number of hydrogen-bond acceptors (Lipinski definition) is 19. The van der Waals surface area contributed by atoms with Crippen LogP contribution in [0.3, 0.4) is 0 Å². The first-order chi connectivity index (χ1) is 43.6. The predicted octanol–water partition coefficient (Wildman–Crippen LogP) is -3.36. The van der Waals surface area contributed by atoms with Crippen molar-refractivity contribution < 1.29 is 92.3 Å². The van der Waals surface area contributed by atoms with E-state index < -0.39 is 151 Å². The normalized spacial score (nSPS) is 20.4. The average molecular weight is 1340 g/mol. The van der Waals surface area contributed by atoms with E-state index in [2.05, 4.69) is 63.8 Å². The van der Waals surface area contributed by atoms with Gasteiger partial charge in [-0.1, -0.05) is 33.1 Å². The number of nitrogens with zero attached hydrogens (tertiary/aromatic N) is 2. The van der Waals surface area contributed by atoms with Gasteiger partial charge in [0, 0.05) is 69.9 Å². The van der Waals surface area contributed by atoms with Gasteiger partial charge in [0.2, 0.25) is 59.1 Å². The van der Waals surface area contributed by atoms with Gasteiger partial charge in [-0.05, 0) is 82.6 Å². The third-order valence-electron chi connectivity index (χ3n) is 15.8. The number of thioether (sulfide) groups is 2. The van der Waals surface area contributed by atoms with E-state index in [9.17, 15) is 92.3 Å². The Bertz CT molecular complexity index is 2640. The molecule has 4 aliphatic heterocycles. The smallest absolute Gasteiger partial charge is 0.315 e. The fraction of sp³-hybridized carbons (Fsp3) is 0.737. The fourth-order valence-corrected chi connectivity index (χ4v) is 12.8. The third kappa shape index (κ3) is 25.5. The van der Waals surface area contributed by atoms with Gasteiger partial charge in [-0.25, -0.2) is 9.80 Å². The molecule has 33 nitrogen and oxygen atoms in total. The molecule has 0 saturated carbocycles. The summed E-state index contributed by atoms with van der Waals surface area (Å²) in [6.07, 6.45) is 4.05. The van der Waals surface area contributed by atoms with Crippen LogP contribution in [-0.4, -0.2) is 242 Å². The van der Waals surface area contributed by atoms with Gasteiger partial charge in [0.25, 0.3) is 5.91 Å². The van der Waals surface area contributed by atoms with Crippen LogP contribution < -0.4 is 63.8 Å². The zero-order valence-electron chi connectivity index (χ0n) is 52.6. The molecule has 35 heteroatoms. The molecule has 13 amide bonds. The number of carbonyl (C=O) groups is 15. The molecule has 12 atom stereocenters. The molecule has 4 rings (SSSR count). The Morgan fingerprint density at radius 3 is 1.73 bits per heavy atom. The van der Waals surface area contributed by atoms with Crippen LogP contribution in [-0.2, 0) is 67.1 Å². The average Bonchev–Trinajstić information content (AvgIpc) is 1.63. The van der Waals surface area contributed by atoms with Crippen molar-refractivity contribution in [3.63, 3.8) is 0 Å². The lowest BCUT2D eigenvalue weighted by molar-refractivity contribution is -0.147. The first-order valence-corrected chi connectivity index (χ1v) is 33.5. The van der Waals surface area contributed by atoms with Gasteiger partial charge in [-0.3, -0.25) is 72.1 Å². The van der Waals surface area contributed by atoms with Crippen molar-refractivity contribution in [2.45, 2.75) is 208 Å². The van der Waals surface area contributed by atoms with E-state index in [4.69, 9.17) is 0 Å². The van der Waals surface area contributed by atoms with Crippen LogP contribution in [0.2, 0.25) is 0 Å². The molecule has 16 N–H and O–H groups in total. The number of aliphatic hydroxyl groups is 1. The van der Waals surface area contributed by atoms with Crippen molar-refractivity contribution >= 4 is 112 Å². The Balaban J connectivity index is 1.22. The highest BCUT2D eigenvalue weighted by Gasteiger charge is 2.50. The van der Waals surface area contributed by atoms with Crippen molar-refractivity contribution in [2.75, 3.05) is 51.0 Å². The van der Waals surface area contributed by atoms with Crippen molar-refractivity contribution in [3.05, 3.63) is 0 Å². The number of hydrazine groups is 1. The SMILES string of the molecule is CNC(=O)C(CC(=O)O)NC(=O)C1CCN2CC(NC(=O)C(NC(=O)C(CCSC)NC(=O)C(CC(=O)O)NC(=O)C(NC(=O)C(CCC(=O)O)NC(=O)CCCCCNC(=O)CCCCCNC(=O)CCCC[C@H]3SCC4NC(=O)NC43)C(C)C)C(C)O)C(=O)N12. The number of rotatable bonds is 43. The Labute approximate surface area is 541 Å². The van der Waals surface area contributed by atoms with Gasteiger partial charge in [-0.15, -0.1) is 0 Å². The topological polar surface area (TPSA) is 488 Å². The number of carboxylic acids is 3. The van der Waals surface area contributed by atoms with Crippen molar-refractivity contribution in [1.82, 2.24) is 73.8 Å². The van der Waals surface area contributed by atoms with Crippen LogP contribution in [0, 0.1) is 5.92 Å². The summed E-state index contributed by atoms with van der Waals surface area (Å²) >= 11 is 3.09. The number of aliphatic carboxylic acids is 3. The van der Waals surface area contributed by atoms with Crippen LogP contribution in [0.1, 0.15) is 136 Å². The molecule has 0 aromatic rings. The number of unbranched alkanes of at least 4 members (excludes halogenated alkanes) is 5. The standard InChI is InChI=1S/C57H92N14O19S2/c1-30(2)46(67-50(83)32(18-19-43(76)77)61-42(75)17-9-7-13-23-59-40(73)15-8-6-12-22-60-41(74)16-11-10-14-39-48-37(29-92-39)66-57(90)69-48)54(87)64-35(27-45(80)81)52(85)62-33(21-25-91-5)51(84)68-47(31(3)72)55(88)65-36-28-70-24-20-38(71(70)56(36)89)53(86)63-34(26-44(78)79)49(82)58-4/h30-39,46-48,72H,6-29H2,1-5H3,(H,58,82)(H,59,73)(H,60,74)(H,61,75)(H,62,85)(H,63,86)(H,64,87)(H,65,88)(H,67,83)(H,68,84)(H,76,77)(H,78,79)(H,80,81)(H2,66,69,90)/t31?,32?,33?,34?,35?,36?,37?,38?,39-,46?,47?,48?/m1/s1. The molecule has 0 spiro atoms. The summed E-state index contributed by atoms with van der Waals surface area (Å²) in [5.74, 6) is -12.3. The summed E-state index contributed by atoms with van der Waals surface area (Å²) < 4.78 is 0. The molecule has 11 unspecified atom stereocenters. The predicted molar refractivity (Wildman–Crippen MR) is 332 cm³/mol. The van der Waals surface area contributed by atoms with E-state index in [0.29, 0.717) is 56.9 Å². The minimum absolute atomic E-state index is 0.0132. The molecule has 0 aromatic carbocycles. The second-order valence-electron chi connectivity index (χ2n) is 23.4. The molecular weight excluding hydrogens is 1250 g/mol. The number of amides is 13. The Morgan fingerprint density at radius 1 is 0.609 bits per heavy atom. The molecule has 516 valence electrons. The quantitative estimate of drug-likeness (QED) is 0.0209. The van der Waals surface area contributed by atoms with Crippen LogP contribution in [0.5, 0.6) is 0 Å². The highest BCUT2D eigenvalue weighted by atomic mass is 32.2. The molecular formula is C57H92N14O19S2. The number of carbonyl (C=O) groups excluding carboxylic acids is 12. The van der Waals surface area contributed by atoms with E-state index in [1.165, 1.54) is 37.7 Å². The second kappa shape index (κ2) is 39.1. The highest BCUT2D eigenvalue weighted by Crippen LogP contribution is 2.33. The summed E-state index contributed by atoms with van der Waals surface area (Å²) in [4.78, 5) is 193. The molecule has 0 aromatic heterocycles. The second-order valence-corrected chi connectivity index (χ2v) is 25.7. The maximum absolute atomic E-state index is 13.9. The summed E-state index contributed by atoms with van der Waals surface area (Å²) in [5, 5.41) is 72.9. The van der Waals surface area contributed by atoms with Crippen LogP contribution in [0.15, 0.2) is 0 Å². The summed E-state index contributed by atoms with van der Waals surface area (Å²) in [6, 6.07) is -11.9. The zero-order chi connectivity index (χ0) is 68.2. The third-order valence-corrected chi connectivity index (χ3v) is 18.0. The van der Waals surface area contributed by atoms with E-state index in [1.54, 1.807) is 6.26 Å². The lowest BCUT2D eigenvalue weighted by atomic mass is 10.0. The van der Waals surface area contributed by atoms with Crippen LogP contribution in [0.25, 0.3) is 0 Å². The first-order valence-electron chi connectivity index (χ1n) is 31.1. The summed E-state index contributed by atoms with van der Waals surface area (Å²) in [6.45, 7) is 5.04. The van der Waals surface area contributed by atoms with Gasteiger partial charge < -0.3 is 84.2 Å². The van der Waals surface area contributed by atoms with Crippen molar-refractivity contribution in [3.8, 4) is 0 Å². The van der Waals surface area contributed by atoms with Crippen LogP contribution >= 0.6 is 23.5 Å². The number of carboxylic acid groups (broad SMARTS) is 3. The van der Waals surface area contributed by atoms with E-state index in [-0.39, 0.29) is 74.5 Å². The van der Waals surface area contributed by atoms with E-state index >= 15 is 0 Å². The lowest BCUT2D eigenvalue weighted by Gasteiger charge is -2.28. The Kier molecular flexibility index (Phi) is 32.7. The van der Waals surface area contributed by atoms with Crippen molar-refractivity contribution in [1.29, 1.82) is 0 Å². The number of likely N-dealkylation sites (N-methyl/N-ethyl adjacent to an activating group) is 1.